The molecule has 0 bridgehead atoms. The summed E-state index contributed by atoms with van der Waals surface area (Å²) >= 11 is 0. The number of carbonyl (C=O) groups excluding carboxylic acids is 1. The van der Waals surface area contributed by atoms with Crippen LogP contribution in [-0.2, 0) is 18.6 Å². The highest BCUT2D eigenvalue weighted by Crippen LogP contribution is 2.38. The number of nitrogens with zero attached hydrogens (tertiary/aromatic N) is 4. The van der Waals surface area contributed by atoms with Gasteiger partial charge in [-0.1, -0.05) is 4.86 Å². The average Bonchev–Trinajstić information content (AvgIpc) is 3.19. The van der Waals surface area contributed by atoms with Crippen molar-refractivity contribution in [3.05, 3.63) is 17.2 Å². The molecule has 0 radical (unpaired) electrons. The Hall–Kier alpha value is -2.86. The second-order valence-corrected chi connectivity index (χ2v) is 7.45. The van der Waals surface area contributed by atoms with Crippen LogP contribution in [0.15, 0.2) is 11.6 Å². The van der Waals surface area contributed by atoms with Gasteiger partial charge in [0.1, 0.15) is 24.1 Å². The summed E-state index contributed by atoms with van der Waals surface area (Å²) in [5.74, 6) is -3.19. The van der Waals surface area contributed by atoms with Crippen LogP contribution in [0.2, 0.25) is 0 Å². The highest BCUT2D eigenvalue weighted by molar-refractivity contribution is 7.46. The van der Waals surface area contributed by atoms with Gasteiger partial charge in [0, 0.05) is 0 Å². The van der Waals surface area contributed by atoms with Gasteiger partial charge in [0.2, 0.25) is 6.54 Å². The summed E-state index contributed by atoms with van der Waals surface area (Å²) in [5.41, 5.74) is 5.27. The molecule has 0 saturated carbocycles. The molecule has 1 aromatic heterocycles. The topological polar surface area (TPSA) is 285 Å². The first-order valence-corrected chi connectivity index (χ1v) is 9.76. The number of aliphatic hydroxyl groups excluding tert-OH is 2. The van der Waals surface area contributed by atoms with Crippen LogP contribution in [0.3, 0.4) is 0 Å². The van der Waals surface area contributed by atoms with Crippen molar-refractivity contribution < 1.29 is 58.6 Å². The average molecular weight is 470 g/mol. The number of nitrogens with two attached hydrogens (primary N) is 1. The Balaban J connectivity index is 2.16. The van der Waals surface area contributed by atoms with Gasteiger partial charge in [-0.15, -0.1) is 0 Å². The minimum absolute atomic E-state index is 0.384. The van der Waals surface area contributed by atoms with E-state index in [0.717, 1.165) is 10.9 Å². The molecule has 1 aliphatic rings. The Bertz CT molecular complexity index is 901. The lowest BCUT2D eigenvalue weighted by atomic mass is 10.1. The number of anilines is 1. The molecule has 1 aliphatic heterocycles. The van der Waals surface area contributed by atoms with Crippen molar-refractivity contribution in [1.29, 1.82) is 0 Å². The van der Waals surface area contributed by atoms with E-state index in [4.69, 9.17) is 30.6 Å². The molecule has 19 heteroatoms. The fourth-order valence-electron chi connectivity index (χ4n) is 2.62. The van der Waals surface area contributed by atoms with E-state index in [-0.39, 0.29) is 4.86 Å². The quantitative estimate of drug-likeness (QED) is 0.0760. The highest BCUT2D eigenvalue weighted by atomic mass is 31.2. The lowest BCUT2D eigenvalue weighted by Gasteiger charge is -2.18. The van der Waals surface area contributed by atoms with Crippen molar-refractivity contribution in [2.24, 2.45) is 5.28 Å². The zero-order chi connectivity index (χ0) is 23.5. The highest BCUT2D eigenvalue weighted by Gasteiger charge is 2.45. The Morgan fingerprint density at radius 2 is 2.10 bits per heavy atom. The van der Waals surface area contributed by atoms with E-state index in [1.165, 1.54) is 0 Å². The summed E-state index contributed by atoms with van der Waals surface area (Å²) in [6.45, 7) is -1.71. The Kier molecular flexibility index (Phi) is 7.49. The number of amides is 1. The second kappa shape index (κ2) is 9.52. The number of hydroxylamine groups is 1. The number of aromatic nitrogens is 2. The first-order chi connectivity index (χ1) is 14.4. The number of rotatable bonds is 9. The van der Waals surface area contributed by atoms with Gasteiger partial charge < -0.3 is 51.3 Å². The second-order valence-electron chi connectivity index (χ2n) is 6.21. The monoisotopic (exact) mass is 470 g/mol. The molecule has 9 N–H and O–H groups in total. The summed E-state index contributed by atoms with van der Waals surface area (Å²) in [7, 11) is -4.87. The molecular formula is C12H19N6O12P. The zero-order valence-electron chi connectivity index (χ0n) is 15.3. The molecule has 0 aromatic carbocycles. The first-order valence-electron chi connectivity index (χ1n) is 8.23. The van der Waals surface area contributed by atoms with Gasteiger partial charge in [0.05, 0.1) is 12.9 Å². The van der Waals surface area contributed by atoms with Crippen molar-refractivity contribution >= 4 is 25.5 Å². The van der Waals surface area contributed by atoms with Gasteiger partial charge in [-0.25, -0.2) is 14.3 Å². The minimum atomic E-state index is -4.87. The normalized spacial score (nSPS) is 25.4. The van der Waals surface area contributed by atoms with Crippen molar-refractivity contribution in [3.8, 4) is 0 Å². The third-order valence-corrected chi connectivity index (χ3v) is 4.59. The number of hydrogen-bond donors (Lipinski definition) is 8. The van der Waals surface area contributed by atoms with E-state index in [1.54, 1.807) is 0 Å². The number of carboxylic acids is 1. The molecule has 5 atom stereocenters. The largest absolute Gasteiger partial charge is 0.597 e. The number of ether oxygens (including phenoxy) is 1. The minimum Gasteiger partial charge on any atom is -0.597 e. The van der Waals surface area contributed by atoms with Crippen LogP contribution in [0.4, 0.5) is 5.82 Å². The van der Waals surface area contributed by atoms with Crippen LogP contribution >= 0.6 is 7.82 Å². The van der Waals surface area contributed by atoms with Crippen LogP contribution in [-0.4, -0.2) is 94.1 Å². The maximum atomic E-state index is 12.3. The fourth-order valence-corrected chi connectivity index (χ4v) is 2.96. The Morgan fingerprint density at radius 1 is 1.45 bits per heavy atom. The molecule has 1 fully saturated rings. The molecule has 1 saturated heterocycles. The lowest BCUT2D eigenvalue weighted by molar-refractivity contribution is -0.556. The number of imidazole rings is 1. The van der Waals surface area contributed by atoms with Crippen molar-refractivity contribution in [1.82, 2.24) is 14.9 Å². The third-order valence-electron chi connectivity index (χ3n) is 4.11. The van der Waals surface area contributed by atoms with E-state index in [1.807, 2.05) is 5.32 Å². The number of carbonyl (C=O) groups is 2. The summed E-state index contributed by atoms with van der Waals surface area (Å²) in [5, 5.41) is 52.7. The van der Waals surface area contributed by atoms with E-state index < -0.39 is 74.9 Å². The molecule has 2 heterocycles. The lowest BCUT2D eigenvalue weighted by Crippen LogP contribution is -2.45. The maximum Gasteiger partial charge on any atom is 0.469 e. The number of carboxylic acid groups (broad SMARTS) is 1. The Morgan fingerprint density at radius 3 is 2.65 bits per heavy atom. The molecule has 1 amide bonds. The van der Waals surface area contributed by atoms with Crippen molar-refractivity contribution in [3.63, 3.8) is 0 Å². The Labute approximate surface area is 171 Å². The number of phosphoric acid groups is 1. The van der Waals surface area contributed by atoms with E-state index in [9.17, 15) is 29.6 Å². The molecule has 2 rings (SSSR count). The number of aliphatic hydroxyl groups is 2. The van der Waals surface area contributed by atoms with Gasteiger partial charge in [-0.05, 0) is 0 Å². The molecule has 0 unspecified atom stereocenters. The predicted octanol–water partition coefficient (Wildman–Crippen LogP) is -3.27. The van der Waals surface area contributed by atoms with Gasteiger partial charge >= 0.3 is 13.8 Å². The van der Waals surface area contributed by atoms with Crippen LogP contribution in [0.1, 0.15) is 16.7 Å². The molecule has 174 valence electrons. The van der Waals surface area contributed by atoms with Crippen LogP contribution in [0.25, 0.3) is 0 Å². The molecule has 1 aromatic rings. The molecule has 31 heavy (non-hydrogen) atoms. The number of nitrogens with one attached hydrogen (secondary N) is 1. The molecule has 0 spiro atoms. The van der Waals surface area contributed by atoms with Gasteiger partial charge in [-0.2, -0.15) is 0 Å². The van der Waals surface area contributed by atoms with Crippen LogP contribution in [0.5, 0.6) is 0 Å². The van der Waals surface area contributed by atoms with Crippen molar-refractivity contribution in [2.45, 2.75) is 30.6 Å². The van der Waals surface area contributed by atoms with E-state index in [0.29, 0.717) is 0 Å². The SMILES string of the molecule is Nc1c(C(=O)N[C@@H](C[N+]([O-])=NO)C(=O)O)ncn1[C@@H]1O[C@H](COP(=O)(O)O)[C@@H](O)[C@H]1O. The van der Waals surface area contributed by atoms with Gasteiger partial charge in [0.25, 0.3) is 5.91 Å². The number of nitrogen functional groups attached to an aromatic ring is 1. The third kappa shape index (κ3) is 5.85. The summed E-state index contributed by atoms with van der Waals surface area (Å²) in [4.78, 5) is 44.2. The van der Waals surface area contributed by atoms with E-state index in [2.05, 4.69) is 14.8 Å². The van der Waals surface area contributed by atoms with Crippen LogP contribution < -0.4 is 11.1 Å². The summed E-state index contributed by atoms with van der Waals surface area (Å²) in [6.07, 6.45) is -5.18. The molecular weight excluding hydrogens is 451 g/mol. The number of aliphatic carboxylic acids is 1. The number of phosphoric ester groups is 1. The molecule has 18 nitrogen and oxygen atoms in total. The smallest absolute Gasteiger partial charge is 0.469 e. The van der Waals surface area contributed by atoms with E-state index >= 15 is 0 Å². The predicted molar refractivity (Wildman–Crippen MR) is 92.2 cm³/mol. The van der Waals surface area contributed by atoms with Crippen molar-refractivity contribution in [2.75, 3.05) is 18.9 Å². The standard InChI is InChI=1S/C12H19N6O12P/c13-9-6(10(21)15-4(12(22)23)1-18(25)16-24)14-3-17(9)11-8(20)7(19)5(30-11)2-29-31(26,27)28/h3-5,7-8,11,19-20,24H,1-2,13H2,(H,15,21)(H,22,23)(H2,26,27,28)/t4-,5+,7+,8+,11+/m0/s1. The fraction of sp³-hybridized carbons (Fsp3) is 0.583. The number of hydrogen-bond acceptors (Lipinski definition) is 11. The zero-order valence-corrected chi connectivity index (χ0v) is 16.2. The first kappa shape index (κ1) is 24.4. The summed E-state index contributed by atoms with van der Waals surface area (Å²) in [6, 6.07) is -1.80. The van der Waals surface area contributed by atoms with Crippen LogP contribution in [0, 0.1) is 5.21 Å². The molecule has 0 aliphatic carbocycles. The maximum absolute atomic E-state index is 12.3. The van der Waals surface area contributed by atoms with Gasteiger partial charge in [-0.3, -0.25) is 13.9 Å². The van der Waals surface area contributed by atoms with Gasteiger partial charge in [0.15, 0.2) is 23.2 Å². The summed E-state index contributed by atoms with van der Waals surface area (Å²) < 4.78 is 21.2.